The number of thioether (sulfide) groups is 1. The Kier molecular flexibility index (Phi) is 4.99. The van der Waals surface area contributed by atoms with Gasteiger partial charge in [-0.1, -0.05) is 18.2 Å². The highest BCUT2D eigenvalue weighted by Gasteiger charge is 2.30. The van der Waals surface area contributed by atoms with Crippen molar-refractivity contribution in [1.82, 2.24) is 0 Å². The molecule has 5 heteroatoms. The molecule has 0 aliphatic heterocycles. The Morgan fingerprint density at radius 2 is 2.00 bits per heavy atom. The number of alkyl halides is 4. The van der Waals surface area contributed by atoms with Gasteiger partial charge in [0, 0.05) is 10.8 Å². The van der Waals surface area contributed by atoms with Crippen molar-refractivity contribution in [1.29, 1.82) is 0 Å². The Balaban J connectivity index is 2.94. The first kappa shape index (κ1) is 13.7. The third-order valence-corrected chi connectivity index (χ3v) is 3.38. The molecule has 1 aromatic carbocycles. The van der Waals surface area contributed by atoms with E-state index in [9.17, 15) is 13.2 Å². The van der Waals surface area contributed by atoms with Crippen LogP contribution in [0.2, 0.25) is 0 Å². The summed E-state index contributed by atoms with van der Waals surface area (Å²) in [5, 5.41) is 0. The number of aryl methyl sites for hydroxylation is 2. The fraction of sp³-hybridized carbons (Fsp3) is 0.455. The molecule has 0 saturated carbocycles. The summed E-state index contributed by atoms with van der Waals surface area (Å²) in [7, 11) is 0. The standard InChI is InChI=1S/C11H12ClF3S/c1-8-4-2-5-9(6-3-7-12)10(8)16-11(13,14)15/h2,4-5H,3,6-7H2,1H3. The summed E-state index contributed by atoms with van der Waals surface area (Å²) in [4.78, 5) is 0.320. The van der Waals surface area contributed by atoms with Gasteiger partial charge in [0.15, 0.2) is 0 Å². The summed E-state index contributed by atoms with van der Waals surface area (Å²) in [5.41, 5.74) is -2.85. The quantitative estimate of drug-likeness (QED) is 0.559. The zero-order chi connectivity index (χ0) is 12.2. The van der Waals surface area contributed by atoms with Gasteiger partial charge in [0.1, 0.15) is 0 Å². The molecule has 1 aromatic rings. The summed E-state index contributed by atoms with van der Waals surface area (Å²) in [6.07, 6.45) is 1.28. The SMILES string of the molecule is Cc1cccc(CCCCl)c1SC(F)(F)F. The van der Waals surface area contributed by atoms with Crippen LogP contribution >= 0.6 is 23.4 Å². The molecule has 0 fully saturated rings. The van der Waals surface area contributed by atoms with E-state index in [1.165, 1.54) is 0 Å². The number of halogens is 4. The van der Waals surface area contributed by atoms with Gasteiger partial charge in [-0.15, -0.1) is 11.6 Å². The number of hydrogen-bond acceptors (Lipinski definition) is 1. The third kappa shape index (κ3) is 4.26. The van der Waals surface area contributed by atoms with Crippen LogP contribution in [0.5, 0.6) is 0 Å². The highest BCUT2D eigenvalue weighted by Crippen LogP contribution is 2.40. The van der Waals surface area contributed by atoms with Crippen LogP contribution in [-0.2, 0) is 6.42 Å². The first-order valence-corrected chi connectivity index (χ1v) is 6.19. The van der Waals surface area contributed by atoms with Crippen LogP contribution in [0, 0.1) is 6.92 Å². The Bertz CT molecular complexity index is 350. The lowest BCUT2D eigenvalue weighted by Gasteiger charge is -2.13. The Hall–Kier alpha value is -0.350. The highest BCUT2D eigenvalue weighted by molar-refractivity contribution is 8.00. The molecule has 0 aromatic heterocycles. The molecule has 0 amide bonds. The topological polar surface area (TPSA) is 0 Å². The molecule has 16 heavy (non-hydrogen) atoms. The molecule has 0 nitrogen and oxygen atoms in total. The van der Waals surface area contributed by atoms with Gasteiger partial charge in [-0.25, -0.2) is 0 Å². The summed E-state index contributed by atoms with van der Waals surface area (Å²) < 4.78 is 37.1. The average Bonchev–Trinajstić information content (AvgIpc) is 2.17. The fourth-order valence-corrected chi connectivity index (χ4v) is 2.32. The van der Waals surface area contributed by atoms with Crippen molar-refractivity contribution < 1.29 is 13.2 Å². The maximum absolute atomic E-state index is 12.4. The van der Waals surface area contributed by atoms with Crippen molar-refractivity contribution >= 4 is 23.4 Å². The molecule has 0 heterocycles. The Morgan fingerprint density at radius 1 is 1.31 bits per heavy atom. The molecule has 0 radical (unpaired) electrons. The van der Waals surface area contributed by atoms with Gasteiger partial charge >= 0.3 is 5.51 Å². The molecule has 90 valence electrons. The molecule has 0 unspecified atom stereocenters. The van der Waals surface area contributed by atoms with E-state index in [2.05, 4.69) is 0 Å². The largest absolute Gasteiger partial charge is 0.446 e. The van der Waals surface area contributed by atoms with Gasteiger partial charge in [-0.05, 0) is 42.7 Å². The summed E-state index contributed by atoms with van der Waals surface area (Å²) in [5.74, 6) is 0.462. The second-order valence-electron chi connectivity index (χ2n) is 3.40. The molecule has 0 aliphatic carbocycles. The summed E-state index contributed by atoms with van der Waals surface area (Å²) >= 11 is 5.51. The van der Waals surface area contributed by atoms with Gasteiger partial charge in [0.25, 0.3) is 0 Å². The second kappa shape index (κ2) is 5.82. The minimum atomic E-state index is -4.23. The molecule has 0 spiro atoms. The van der Waals surface area contributed by atoms with Crippen molar-refractivity contribution in [2.24, 2.45) is 0 Å². The van der Waals surface area contributed by atoms with Crippen LogP contribution in [-0.4, -0.2) is 11.4 Å². The van der Waals surface area contributed by atoms with E-state index in [-0.39, 0.29) is 11.8 Å². The average molecular weight is 269 g/mol. The summed E-state index contributed by atoms with van der Waals surface area (Å²) in [6.45, 7) is 1.69. The van der Waals surface area contributed by atoms with Crippen LogP contribution in [0.4, 0.5) is 13.2 Å². The van der Waals surface area contributed by atoms with Gasteiger partial charge in [0.2, 0.25) is 0 Å². The molecular formula is C11H12ClF3S. The van der Waals surface area contributed by atoms with Crippen molar-refractivity contribution in [3.63, 3.8) is 0 Å². The molecular weight excluding hydrogens is 257 g/mol. The van der Waals surface area contributed by atoms with Gasteiger partial charge in [0.05, 0.1) is 0 Å². The minimum Gasteiger partial charge on any atom is -0.160 e. The zero-order valence-corrected chi connectivity index (χ0v) is 10.3. The minimum absolute atomic E-state index is 0.0387. The van der Waals surface area contributed by atoms with E-state index in [1.807, 2.05) is 0 Å². The number of rotatable bonds is 4. The highest BCUT2D eigenvalue weighted by atomic mass is 35.5. The second-order valence-corrected chi connectivity index (χ2v) is 4.86. The van der Waals surface area contributed by atoms with Crippen molar-refractivity contribution in [3.8, 4) is 0 Å². The van der Waals surface area contributed by atoms with E-state index in [4.69, 9.17) is 11.6 Å². The Morgan fingerprint density at radius 3 is 2.56 bits per heavy atom. The van der Waals surface area contributed by atoms with E-state index in [1.54, 1.807) is 25.1 Å². The van der Waals surface area contributed by atoms with Crippen LogP contribution in [0.25, 0.3) is 0 Å². The van der Waals surface area contributed by atoms with Crippen LogP contribution in [0.1, 0.15) is 17.5 Å². The lowest BCUT2D eigenvalue weighted by molar-refractivity contribution is -0.0328. The van der Waals surface area contributed by atoms with Crippen molar-refractivity contribution in [2.45, 2.75) is 30.2 Å². The van der Waals surface area contributed by atoms with Crippen molar-refractivity contribution in [2.75, 3.05) is 5.88 Å². The van der Waals surface area contributed by atoms with Gasteiger partial charge in [-0.2, -0.15) is 13.2 Å². The lowest BCUT2D eigenvalue weighted by atomic mass is 10.1. The van der Waals surface area contributed by atoms with E-state index < -0.39 is 5.51 Å². The predicted octanol–water partition coefficient (Wildman–Crippen LogP) is 4.78. The molecule has 0 saturated heterocycles. The number of benzene rings is 1. The molecule has 0 N–H and O–H groups in total. The monoisotopic (exact) mass is 268 g/mol. The van der Waals surface area contributed by atoms with Crippen LogP contribution in [0.15, 0.2) is 23.1 Å². The van der Waals surface area contributed by atoms with Crippen LogP contribution < -0.4 is 0 Å². The van der Waals surface area contributed by atoms with Gasteiger partial charge < -0.3 is 0 Å². The first-order chi connectivity index (χ1) is 7.44. The fourth-order valence-electron chi connectivity index (χ4n) is 1.43. The zero-order valence-electron chi connectivity index (χ0n) is 8.77. The van der Waals surface area contributed by atoms with E-state index in [0.717, 1.165) is 5.56 Å². The lowest BCUT2D eigenvalue weighted by Crippen LogP contribution is -2.03. The maximum atomic E-state index is 12.4. The first-order valence-electron chi connectivity index (χ1n) is 4.84. The molecule has 1 rings (SSSR count). The molecule has 0 bridgehead atoms. The number of hydrogen-bond donors (Lipinski definition) is 0. The third-order valence-electron chi connectivity index (χ3n) is 2.09. The van der Waals surface area contributed by atoms with Crippen LogP contribution in [0.3, 0.4) is 0 Å². The molecule has 0 aliphatic rings. The normalized spacial score (nSPS) is 11.8. The predicted molar refractivity (Wildman–Crippen MR) is 62.1 cm³/mol. The smallest absolute Gasteiger partial charge is 0.160 e. The van der Waals surface area contributed by atoms with E-state index >= 15 is 0 Å². The van der Waals surface area contributed by atoms with Gasteiger partial charge in [-0.3, -0.25) is 0 Å². The Labute approximate surface area is 102 Å². The van der Waals surface area contributed by atoms with E-state index in [0.29, 0.717) is 29.2 Å². The maximum Gasteiger partial charge on any atom is 0.446 e. The summed E-state index contributed by atoms with van der Waals surface area (Å²) in [6, 6.07) is 5.20. The molecule has 0 atom stereocenters. The van der Waals surface area contributed by atoms with Crippen molar-refractivity contribution in [3.05, 3.63) is 29.3 Å².